The van der Waals surface area contributed by atoms with Gasteiger partial charge in [-0.25, -0.2) is 13.8 Å². The van der Waals surface area contributed by atoms with E-state index in [1.807, 2.05) is 0 Å². The second-order valence-electron chi connectivity index (χ2n) is 10.0. The molecule has 3 N–H and O–H groups in total. The minimum atomic E-state index is -4.43. The second-order valence-corrected chi connectivity index (χ2v) is 10.0. The summed E-state index contributed by atoms with van der Waals surface area (Å²) in [5.74, 6) is -1.74. The summed E-state index contributed by atoms with van der Waals surface area (Å²) < 4.78 is 69.9. The third-order valence-electron chi connectivity index (χ3n) is 6.81. The molecule has 206 valence electrons. The lowest BCUT2D eigenvalue weighted by Gasteiger charge is -2.40. The zero-order valence-electron chi connectivity index (χ0n) is 20.9. The minimum absolute atomic E-state index is 0.0428. The number of nitrogens with one attached hydrogen (secondary N) is 2. The molecule has 2 atom stereocenters. The van der Waals surface area contributed by atoms with Crippen LogP contribution in [0.3, 0.4) is 0 Å². The van der Waals surface area contributed by atoms with Crippen LogP contribution in [0, 0.1) is 11.6 Å². The smallest absolute Gasteiger partial charge is 0.405 e. The van der Waals surface area contributed by atoms with Gasteiger partial charge >= 0.3 is 6.18 Å². The van der Waals surface area contributed by atoms with Crippen LogP contribution in [0.1, 0.15) is 45.1 Å². The van der Waals surface area contributed by atoms with Crippen LogP contribution in [0.25, 0.3) is 5.70 Å². The first-order valence-corrected chi connectivity index (χ1v) is 12.2. The largest absolute Gasteiger partial charge is 0.513 e. The number of pyridine rings is 1. The van der Waals surface area contributed by atoms with Crippen molar-refractivity contribution < 1.29 is 36.6 Å². The van der Waals surface area contributed by atoms with E-state index in [-0.39, 0.29) is 35.5 Å². The van der Waals surface area contributed by atoms with Gasteiger partial charge in [-0.1, -0.05) is 0 Å². The molecule has 7 nitrogen and oxygen atoms in total. The average Bonchev–Trinajstić information content (AvgIpc) is 3.11. The molecule has 2 fully saturated rings. The van der Waals surface area contributed by atoms with E-state index in [1.54, 1.807) is 26.0 Å². The Morgan fingerprint density at radius 1 is 1.13 bits per heavy atom. The Hall–Kier alpha value is -3.57. The standard InChI is InChI=1S/C26H29F5N4O3/c1-25(2,38-19-6-7-20(27)21(28)11-19)24(37)34-16-9-17-4-5-18(10-16)35(17)23-8-3-15(12-32-23)22(13-36)33-14-26(29,30)31/h3,6-8,11-13,16-18,33,36H,4-5,9-10,14H2,1-2H3,(H,34,37)/b22-13-. The monoisotopic (exact) mass is 540 g/mol. The molecular formula is C26H29F5N4O3. The maximum absolute atomic E-state index is 13.5. The summed E-state index contributed by atoms with van der Waals surface area (Å²) in [5, 5.41) is 14.5. The zero-order chi connectivity index (χ0) is 27.7. The number of aliphatic hydroxyl groups excluding tert-OH is 1. The van der Waals surface area contributed by atoms with Crippen LogP contribution in [0.2, 0.25) is 0 Å². The van der Waals surface area contributed by atoms with Crippen LogP contribution in [0.4, 0.5) is 27.8 Å². The second kappa shape index (κ2) is 10.7. The van der Waals surface area contributed by atoms with Crippen molar-refractivity contribution in [2.24, 2.45) is 0 Å². The number of fused-ring (bicyclic) bond motifs is 2. The van der Waals surface area contributed by atoms with E-state index in [0.717, 1.165) is 25.0 Å². The number of halogens is 5. The van der Waals surface area contributed by atoms with E-state index in [1.165, 1.54) is 12.3 Å². The molecule has 0 aliphatic carbocycles. The quantitative estimate of drug-likeness (QED) is 0.328. The van der Waals surface area contributed by atoms with Crippen molar-refractivity contribution in [2.75, 3.05) is 11.4 Å². The van der Waals surface area contributed by atoms with E-state index >= 15 is 0 Å². The number of piperidine rings is 1. The third kappa shape index (κ3) is 6.28. The van der Waals surface area contributed by atoms with Gasteiger partial charge in [-0.2, -0.15) is 13.2 Å². The molecule has 38 heavy (non-hydrogen) atoms. The summed E-state index contributed by atoms with van der Waals surface area (Å²) in [6, 6.07) is 6.47. The van der Waals surface area contributed by atoms with Crippen LogP contribution in [-0.2, 0) is 4.79 Å². The van der Waals surface area contributed by atoms with Gasteiger partial charge in [0.15, 0.2) is 17.2 Å². The summed E-state index contributed by atoms with van der Waals surface area (Å²) in [4.78, 5) is 19.6. The van der Waals surface area contributed by atoms with Crippen LogP contribution in [0.5, 0.6) is 5.75 Å². The van der Waals surface area contributed by atoms with Gasteiger partial charge in [-0.15, -0.1) is 0 Å². The highest BCUT2D eigenvalue weighted by atomic mass is 19.4. The number of carbonyl (C=O) groups excluding carboxylic acids is 1. The van der Waals surface area contributed by atoms with Crippen molar-refractivity contribution >= 4 is 17.4 Å². The Bertz CT molecular complexity index is 1170. The number of anilines is 1. The zero-order valence-corrected chi connectivity index (χ0v) is 20.9. The number of rotatable bonds is 8. The molecule has 0 radical (unpaired) electrons. The number of ether oxygens (including phenoxy) is 1. The number of aromatic nitrogens is 1. The lowest BCUT2D eigenvalue weighted by atomic mass is 9.96. The van der Waals surface area contributed by atoms with Crippen molar-refractivity contribution in [2.45, 2.75) is 69.4 Å². The van der Waals surface area contributed by atoms with Gasteiger partial charge in [-0.3, -0.25) is 4.79 Å². The molecule has 2 bridgehead atoms. The molecule has 1 aromatic carbocycles. The van der Waals surface area contributed by atoms with E-state index in [4.69, 9.17) is 4.74 Å². The number of nitrogens with zero attached hydrogens (tertiary/aromatic N) is 2. The van der Waals surface area contributed by atoms with E-state index in [0.29, 0.717) is 30.5 Å². The number of benzene rings is 1. The van der Waals surface area contributed by atoms with E-state index in [2.05, 4.69) is 20.5 Å². The first kappa shape index (κ1) is 27.5. The summed E-state index contributed by atoms with van der Waals surface area (Å²) in [6.07, 6.45) is 0.656. The molecule has 2 aliphatic heterocycles. The number of amides is 1. The van der Waals surface area contributed by atoms with Crippen LogP contribution in [0.15, 0.2) is 42.8 Å². The minimum Gasteiger partial charge on any atom is -0.513 e. The first-order chi connectivity index (χ1) is 17.9. The van der Waals surface area contributed by atoms with Gasteiger partial charge in [0.25, 0.3) is 5.91 Å². The predicted octanol–water partition coefficient (Wildman–Crippen LogP) is 4.84. The maximum atomic E-state index is 13.5. The number of alkyl halides is 3. The van der Waals surface area contributed by atoms with Crippen LogP contribution in [-0.4, -0.2) is 52.4 Å². The van der Waals surface area contributed by atoms with Gasteiger partial charge in [-0.05, 0) is 63.8 Å². The molecule has 0 spiro atoms. The Balaban J connectivity index is 1.37. The molecule has 2 saturated heterocycles. The van der Waals surface area contributed by atoms with Gasteiger partial charge in [0, 0.05) is 36.0 Å². The highest BCUT2D eigenvalue weighted by molar-refractivity contribution is 5.85. The first-order valence-electron chi connectivity index (χ1n) is 12.2. The van der Waals surface area contributed by atoms with Crippen molar-refractivity contribution in [1.29, 1.82) is 0 Å². The normalized spacial score (nSPS) is 21.8. The molecule has 4 rings (SSSR count). The van der Waals surface area contributed by atoms with Gasteiger partial charge < -0.3 is 25.4 Å². The summed E-state index contributed by atoms with van der Waals surface area (Å²) in [6.45, 7) is 1.82. The highest BCUT2D eigenvalue weighted by Gasteiger charge is 2.43. The molecule has 2 aromatic rings. The van der Waals surface area contributed by atoms with Crippen LogP contribution >= 0.6 is 0 Å². The molecule has 2 aliphatic rings. The van der Waals surface area contributed by atoms with Crippen molar-refractivity contribution in [3.63, 3.8) is 0 Å². The Labute approximate surface area is 216 Å². The fraction of sp³-hybridized carbons (Fsp3) is 0.462. The van der Waals surface area contributed by atoms with Gasteiger partial charge in [0.2, 0.25) is 0 Å². The Morgan fingerprint density at radius 3 is 2.37 bits per heavy atom. The fourth-order valence-electron chi connectivity index (χ4n) is 5.03. The molecule has 12 heteroatoms. The Morgan fingerprint density at radius 2 is 1.82 bits per heavy atom. The lowest BCUT2D eigenvalue weighted by Crippen LogP contribution is -2.55. The summed E-state index contributed by atoms with van der Waals surface area (Å²) in [5.41, 5.74) is -1.09. The molecule has 3 heterocycles. The number of hydrogen-bond donors (Lipinski definition) is 3. The summed E-state index contributed by atoms with van der Waals surface area (Å²) in [7, 11) is 0. The van der Waals surface area contributed by atoms with E-state index < -0.39 is 30.0 Å². The third-order valence-corrected chi connectivity index (χ3v) is 6.81. The molecule has 2 unspecified atom stereocenters. The van der Waals surface area contributed by atoms with Gasteiger partial charge in [0.05, 0.1) is 5.70 Å². The van der Waals surface area contributed by atoms with Crippen molar-refractivity contribution in [3.8, 4) is 5.75 Å². The van der Waals surface area contributed by atoms with E-state index in [9.17, 15) is 31.9 Å². The average molecular weight is 541 g/mol. The number of carbonyl (C=O) groups is 1. The summed E-state index contributed by atoms with van der Waals surface area (Å²) >= 11 is 0. The number of aliphatic hydroxyl groups is 1. The van der Waals surface area contributed by atoms with Crippen LogP contribution < -0.4 is 20.3 Å². The van der Waals surface area contributed by atoms with Crippen molar-refractivity contribution in [3.05, 3.63) is 60.0 Å². The molecule has 1 aromatic heterocycles. The molecule has 1 amide bonds. The molecule has 0 saturated carbocycles. The van der Waals surface area contributed by atoms with Crippen molar-refractivity contribution in [1.82, 2.24) is 15.6 Å². The fourth-order valence-corrected chi connectivity index (χ4v) is 5.03. The highest BCUT2D eigenvalue weighted by Crippen LogP contribution is 2.39. The Kier molecular flexibility index (Phi) is 7.70. The predicted molar refractivity (Wildman–Crippen MR) is 130 cm³/mol. The number of hydrogen-bond acceptors (Lipinski definition) is 6. The maximum Gasteiger partial charge on any atom is 0.405 e. The lowest BCUT2D eigenvalue weighted by molar-refractivity contribution is -0.135. The topological polar surface area (TPSA) is 86.7 Å². The SMILES string of the molecule is CC(C)(Oc1ccc(F)c(F)c1)C(=O)NC1CC2CCC(C1)N2c1ccc(/C(=C/O)NCC(F)(F)F)cn1. The molecular weight excluding hydrogens is 511 g/mol. The van der Waals surface area contributed by atoms with Gasteiger partial charge in [0.1, 0.15) is 24.4 Å².